The molecule has 37 heavy (non-hydrogen) atoms. The highest BCUT2D eigenvalue weighted by Gasteiger charge is 2.39. The first-order valence-electron chi connectivity index (χ1n) is 12.7. The van der Waals surface area contributed by atoms with Gasteiger partial charge >= 0.3 is 0 Å². The number of hydrogen-bond acceptors (Lipinski definition) is 7. The molecule has 0 aliphatic heterocycles. The van der Waals surface area contributed by atoms with Crippen molar-refractivity contribution in [3.8, 4) is 0 Å². The molecule has 1 aliphatic carbocycles. The van der Waals surface area contributed by atoms with Crippen LogP contribution >= 0.6 is 0 Å². The lowest BCUT2D eigenvalue weighted by atomic mass is 9.88. The normalized spacial score (nSPS) is 16.7. The third-order valence-corrected chi connectivity index (χ3v) is 7.47. The van der Waals surface area contributed by atoms with Gasteiger partial charge < -0.3 is 9.40 Å². The summed E-state index contributed by atoms with van der Waals surface area (Å²) in [5.41, 5.74) is 2.28. The van der Waals surface area contributed by atoms with Crippen molar-refractivity contribution in [2.45, 2.75) is 57.2 Å². The van der Waals surface area contributed by atoms with E-state index in [4.69, 9.17) is 4.42 Å². The van der Waals surface area contributed by atoms with Gasteiger partial charge in [0.1, 0.15) is 17.3 Å². The van der Waals surface area contributed by atoms with Gasteiger partial charge in [-0.25, -0.2) is 4.68 Å². The number of aromatic nitrogens is 6. The monoisotopic (exact) mass is 495 g/mol. The Morgan fingerprint density at radius 1 is 1.16 bits per heavy atom. The van der Waals surface area contributed by atoms with E-state index in [-0.39, 0.29) is 11.6 Å². The molecule has 4 heterocycles. The van der Waals surface area contributed by atoms with Gasteiger partial charge in [0.2, 0.25) is 0 Å². The maximum absolute atomic E-state index is 13.6. The molecule has 0 saturated heterocycles. The van der Waals surface area contributed by atoms with Gasteiger partial charge in [-0.3, -0.25) is 15.1 Å². The second kappa shape index (κ2) is 9.40. The van der Waals surface area contributed by atoms with Crippen molar-refractivity contribution in [1.29, 1.82) is 0 Å². The van der Waals surface area contributed by atoms with E-state index in [1.807, 2.05) is 67.1 Å². The smallest absolute Gasteiger partial charge is 0.253 e. The van der Waals surface area contributed by atoms with Gasteiger partial charge in [0.15, 0.2) is 5.82 Å². The summed E-state index contributed by atoms with van der Waals surface area (Å²) < 4.78 is 7.81. The SMILES string of the molecule is Cc1ccc2cc(C(NC(C)(c3cccnc3)c3ccco3)c3nnnn3C3CCCC3)c(=O)[nH]c2c1. The molecule has 9 heteroatoms. The van der Waals surface area contributed by atoms with Gasteiger partial charge in [-0.2, -0.15) is 0 Å². The molecule has 1 fully saturated rings. The fourth-order valence-electron chi connectivity index (χ4n) is 5.43. The third-order valence-electron chi connectivity index (χ3n) is 7.47. The number of aromatic amines is 1. The average molecular weight is 496 g/mol. The number of hydrogen-bond donors (Lipinski definition) is 2. The molecule has 6 rings (SSSR count). The molecule has 1 aromatic carbocycles. The second-order valence-electron chi connectivity index (χ2n) is 9.99. The largest absolute Gasteiger partial charge is 0.467 e. The van der Waals surface area contributed by atoms with Gasteiger partial charge in [0.05, 0.1) is 12.3 Å². The van der Waals surface area contributed by atoms with Gasteiger partial charge in [-0.05, 0) is 84.0 Å². The van der Waals surface area contributed by atoms with Crippen LogP contribution in [0.4, 0.5) is 0 Å². The number of nitrogens with zero attached hydrogens (tertiary/aromatic N) is 5. The average Bonchev–Trinajstić information content (AvgIpc) is 3.70. The molecule has 1 aliphatic rings. The Labute approximate surface area is 213 Å². The van der Waals surface area contributed by atoms with E-state index in [1.54, 1.807) is 18.7 Å². The second-order valence-corrected chi connectivity index (χ2v) is 9.99. The maximum Gasteiger partial charge on any atom is 0.253 e. The molecule has 4 aromatic heterocycles. The maximum atomic E-state index is 13.6. The first kappa shape index (κ1) is 23.3. The van der Waals surface area contributed by atoms with Crippen LogP contribution in [-0.2, 0) is 5.54 Å². The van der Waals surface area contributed by atoms with Crippen LogP contribution in [-0.4, -0.2) is 30.2 Å². The molecule has 2 N–H and O–H groups in total. The van der Waals surface area contributed by atoms with Crippen molar-refractivity contribution in [3.05, 3.63) is 106 Å². The molecular formula is C28H29N7O2. The van der Waals surface area contributed by atoms with Gasteiger partial charge in [-0.15, -0.1) is 5.10 Å². The highest BCUT2D eigenvalue weighted by Crippen LogP contribution is 2.36. The summed E-state index contributed by atoms with van der Waals surface area (Å²) in [6, 6.07) is 15.2. The predicted octanol–water partition coefficient (Wildman–Crippen LogP) is 4.57. The van der Waals surface area contributed by atoms with Crippen molar-refractivity contribution < 1.29 is 4.42 Å². The molecule has 9 nitrogen and oxygen atoms in total. The summed E-state index contributed by atoms with van der Waals surface area (Å²) in [6.45, 7) is 4.03. The molecule has 1 saturated carbocycles. The van der Waals surface area contributed by atoms with Crippen LogP contribution in [0, 0.1) is 6.92 Å². The van der Waals surface area contributed by atoms with Crippen LogP contribution in [0.25, 0.3) is 10.9 Å². The lowest BCUT2D eigenvalue weighted by molar-refractivity contribution is 0.309. The lowest BCUT2D eigenvalue weighted by Gasteiger charge is -2.34. The van der Waals surface area contributed by atoms with Crippen molar-refractivity contribution in [1.82, 2.24) is 35.5 Å². The quantitative estimate of drug-likeness (QED) is 0.340. The summed E-state index contributed by atoms with van der Waals surface area (Å²) in [7, 11) is 0. The Morgan fingerprint density at radius 2 is 2.03 bits per heavy atom. The van der Waals surface area contributed by atoms with Gasteiger partial charge in [0, 0.05) is 23.5 Å². The molecule has 5 aromatic rings. The zero-order chi connectivity index (χ0) is 25.4. The number of nitrogens with one attached hydrogen (secondary N) is 2. The Hall–Kier alpha value is -4.11. The topological polar surface area (TPSA) is 115 Å². The van der Waals surface area contributed by atoms with Gasteiger partial charge in [-0.1, -0.05) is 31.0 Å². The Morgan fingerprint density at radius 3 is 2.78 bits per heavy atom. The van der Waals surface area contributed by atoms with E-state index in [0.29, 0.717) is 17.1 Å². The molecule has 0 spiro atoms. The van der Waals surface area contributed by atoms with E-state index in [9.17, 15) is 4.79 Å². The first-order chi connectivity index (χ1) is 18.0. The summed E-state index contributed by atoms with van der Waals surface area (Å²) in [4.78, 5) is 21.1. The molecular weight excluding hydrogens is 466 g/mol. The summed E-state index contributed by atoms with van der Waals surface area (Å²) >= 11 is 0. The zero-order valence-electron chi connectivity index (χ0n) is 20.9. The van der Waals surface area contributed by atoms with E-state index in [2.05, 4.69) is 30.8 Å². The summed E-state index contributed by atoms with van der Waals surface area (Å²) in [5, 5.41) is 17.6. The van der Waals surface area contributed by atoms with Crippen LogP contribution in [0.15, 0.2) is 76.4 Å². The van der Waals surface area contributed by atoms with E-state index in [1.165, 1.54) is 0 Å². The van der Waals surface area contributed by atoms with Crippen LogP contribution in [0.2, 0.25) is 0 Å². The number of tetrazole rings is 1. The summed E-state index contributed by atoms with van der Waals surface area (Å²) in [6.07, 6.45) is 9.48. The minimum absolute atomic E-state index is 0.190. The minimum Gasteiger partial charge on any atom is -0.467 e. The summed E-state index contributed by atoms with van der Waals surface area (Å²) in [5.74, 6) is 1.30. The number of benzene rings is 1. The molecule has 0 radical (unpaired) electrons. The van der Waals surface area contributed by atoms with E-state index >= 15 is 0 Å². The fraction of sp³-hybridized carbons (Fsp3) is 0.321. The van der Waals surface area contributed by atoms with Crippen LogP contribution in [0.3, 0.4) is 0 Å². The Balaban J connectivity index is 1.55. The van der Waals surface area contributed by atoms with Crippen LogP contribution in [0.1, 0.15) is 73.0 Å². The highest BCUT2D eigenvalue weighted by atomic mass is 16.3. The van der Waals surface area contributed by atoms with E-state index in [0.717, 1.165) is 47.7 Å². The fourth-order valence-corrected chi connectivity index (χ4v) is 5.43. The number of furan rings is 1. The first-order valence-corrected chi connectivity index (χ1v) is 12.7. The molecule has 188 valence electrons. The van der Waals surface area contributed by atoms with Crippen LogP contribution < -0.4 is 10.9 Å². The number of aryl methyl sites for hydroxylation is 1. The standard InChI is InChI=1S/C28H29N7O2/c1-18-11-12-19-16-22(27(36)30-23(19)15-18)25(26-32-33-34-35(26)21-8-3-4-9-21)31-28(2,24-10-6-14-37-24)20-7-5-13-29-17-20/h5-7,10-17,21,25,31H,3-4,8-9H2,1-2H3,(H,30,36). The van der Waals surface area contributed by atoms with Crippen molar-refractivity contribution in [2.24, 2.45) is 0 Å². The van der Waals surface area contributed by atoms with Crippen LogP contribution in [0.5, 0.6) is 0 Å². The Kier molecular flexibility index (Phi) is 5.92. The van der Waals surface area contributed by atoms with Crippen molar-refractivity contribution in [2.75, 3.05) is 0 Å². The lowest BCUT2D eigenvalue weighted by Crippen LogP contribution is -2.45. The van der Waals surface area contributed by atoms with Crippen molar-refractivity contribution >= 4 is 10.9 Å². The zero-order valence-corrected chi connectivity index (χ0v) is 20.9. The molecule has 2 unspecified atom stereocenters. The minimum atomic E-state index is -0.830. The molecule has 2 atom stereocenters. The van der Waals surface area contributed by atoms with Crippen molar-refractivity contribution in [3.63, 3.8) is 0 Å². The highest BCUT2D eigenvalue weighted by molar-refractivity contribution is 5.79. The third kappa shape index (κ3) is 4.25. The number of H-pyrrole nitrogens is 1. The number of pyridine rings is 2. The number of fused-ring (bicyclic) bond motifs is 1. The predicted molar refractivity (Wildman–Crippen MR) is 139 cm³/mol. The van der Waals surface area contributed by atoms with Gasteiger partial charge in [0.25, 0.3) is 5.56 Å². The molecule has 0 amide bonds. The number of rotatable bonds is 7. The van der Waals surface area contributed by atoms with E-state index < -0.39 is 11.6 Å². The Bertz CT molecular complexity index is 1570. The molecule has 0 bridgehead atoms.